The second-order valence-electron chi connectivity index (χ2n) is 3.74. The van der Waals surface area contributed by atoms with Crippen molar-refractivity contribution in [2.45, 2.75) is 13.3 Å². The van der Waals surface area contributed by atoms with Crippen LogP contribution in [-0.4, -0.2) is 4.57 Å². The molecule has 0 aliphatic rings. The van der Waals surface area contributed by atoms with E-state index in [9.17, 15) is 4.79 Å². The van der Waals surface area contributed by atoms with Crippen molar-refractivity contribution in [3.63, 3.8) is 0 Å². The van der Waals surface area contributed by atoms with Crippen molar-refractivity contribution in [1.29, 1.82) is 0 Å². The third-order valence-corrected chi connectivity index (χ3v) is 2.34. The summed E-state index contributed by atoms with van der Waals surface area (Å²) in [4.78, 5) is 11.1. The highest BCUT2D eigenvalue weighted by molar-refractivity contribution is 5.24. The van der Waals surface area contributed by atoms with Crippen LogP contribution in [0.3, 0.4) is 0 Å². The molecule has 2 aromatic rings. The summed E-state index contributed by atoms with van der Waals surface area (Å²) < 4.78 is 6.50. The van der Waals surface area contributed by atoms with Crippen LogP contribution < -0.4 is 5.76 Å². The van der Waals surface area contributed by atoms with Gasteiger partial charge in [-0.2, -0.15) is 0 Å². The first-order valence-electron chi connectivity index (χ1n) is 4.86. The van der Waals surface area contributed by atoms with E-state index in [2.05, 4.69) is 12.1 Å². The molecule has 3 nitrogen and oxygen atoms in total. The third-order valence-electron chi connectivity index (χ3n) is 2.34. The maximum absolute atomic E-state index is 11.1. The SMILES string of the molecule is Cc1ccc(Cc2cn(C)c(=O)o2)cc1. The minimum absolute atomic E-state index is 0.308. The molecule has 0 aliphatic heterocycles. The lowest BCUT2D eigenvalue weighted by Gasteiger charge is -1.97. The maximum Gasteiger partial charge on any atom is 0.418 e. The lowest BCUT2D eigenvalue weighted by atomic mass is 10.1. The Balaban J connectivity index is 2.22. The van der Waals surface area contributed by atoms with Gasteiger partial charge in [-0.15, -0.1) is 0 Å². The number of hydrogen-bond donors (Lipinski definition) is 0. The van der Waals surface area contributed by atoms with Gasteiger partial charge in [-0.1, -0.05) is 29.8 Å². The topological polar surface area (TPSA) is 35.1 Å². The molecule has 1 aromatic carbocycles. The van der Waals surface area contributed by atoms with E-state index in [4.69, 9.17) is 4.42 Å². The second kappa shape index (κ2) is 3.77. The van der Waals surface area contributed by atoms with Crippen molar-refractivity contribution in [2.75, 3.05) is 0 Å². The van der Waals surface area contributed by atoms with Gasteiger partial charge in [0.25, 0.3) is 0 Å². The van der Waals surface area contributed by atoms with Gasteiger partial charge in [0.1, 0.15) is 5.76 Å². The highest BCUT2D eigenvalue weighted by atomic mass is 16.4. The molecule has 3 heteroatoms. The number of aromatic nitrogens is 1. The standard InChI is InChI=1S/C12H13NO2/c1-9-3-5-10(6-4-9)7-11-8-13(2)12(14)15-11/h3-6,8H,7H2,1-2H3. The fourth-order valence-corrected chi connectivity index (χ4v) is 1.47. The summed E-state index contributed by atoms with van der Waals surface area (Å²) in [6.07, 6.45) is 2.39. The Kier molecular flexibility index (Phi) is 2.46. The molecule has 0 spiro atoms. The van der Waals surface area contributed by atoms with Crippen LogP contribution in [0.2, 0.25) is 0 Å². The van der Waals surface area contributed by atoms with Crippen molar-refractivity contribution in [2.24, 2.45) is 7.05 Å². The second-order valence-corrected chi connectivity index (χ2v) is 3.74. The highest BCUT2D eigenvalue weighted by Crippen LogP contribution is 2.08. The lowest BCUT2D eigenvalue weighted by molar-refractivity contribution is 0.463. The fourth-order valence-electron chi connectivity index (χ4n) is 1.47. The largest absolute Gasteiger partial charge is 0.418 e. The number of oxazole rings is 1. The Morgan fingerprint density at radius 1 is 1.27 bits per heavy atom. The van der Waals surface area contributed by atoms with Crippen LogP contribution in [0.15, 0.2) is 39.7 Å². The molecule has 0 amide bonds. The van der Waals surface area contributed by atoms with Crippen molar-refractivity contribution in [3.05, 3.63) is 57.9 Å². The number of nitrogens with zero attached hydrogens (tertiary/aromatic N) is 1. The Morgan fingerprint density at radius 2 is 1.93 bits per heavy atom. The fraction of sp³-hybridized carbons (Fsp3) is 0.250. The van der Waals surface area contributed by atoms with Crippen LogP contribution in [0.1, 0.15) is 16.9 Å². The Hall–Kier alpha value is -1.77. The van der Waals surface area contributed by atoms with E-state index in [0.29, 0.717) is 12.2 Å². The number of benzene rings is 1. The molecule has 15 heavy (non-hydrogen) atoms. The first kappa shape index (κ1) is 9.77. The molecule has 0 N–H and O–H groups in total. The van der Waals surface area contributed by atoms with E-state index < -0.39 is 0 Å². The van der Waals surface area contributed by atoms with Gasteiger partial charge in [-0.05, 0) is 12.5 Å². The molecule has 0 radical (unpaired) electrons. The molecule has 0 atom stereocenters. The lowest BCUT2D eigenvalue weighted by Crippen LogP contribution is -2.07. The minimum atomic E-state index is -0.308. The first-order valence-corrected chi connectivity index (χ1v) is 4.86. The van der Waals surface area contributed by atoms with Crippen molar-refractivity contribution in [3.8, 4) is 0 Å². The van der Waals surface area contributed by atoms with Crippen LogP contribution >= 0.6 is 0 Å². The smallest absolute Gasteiger partial charge is 0.413 e. The van der Waals surface area contributed by atoms with Gasteiger partial charge in [0, 0.05) is 19.7 Å². The summed E-state index contributed by atoms with van der Waals surface area (Å²) in [5.41, 5.74) is 2.38. The summed E-state index contributed by atoms with van der Waals surface area (Å²) in [6.45, 7) is 2.05. The van der Waals surface area contributed by atoms with Gasteiger partial charge in [-0.25, -0.2) is 4.79 Å². The van der Waals surface area contributed by atoms with Crippen molar-refractivity contribution < 1.29 is 4.42 Å². The number of aryl methyl sites for hydroxylation is 2. The van der Waals surface area contributed by atoms with E-state index in [0.717, 1.165) is 5.56 Å². The molecular weight excluding hydrogens is 190 g/mol. The summed E-state index contributed by atoms with van der Waals surface area (Å²) in [6, 6.07) is 8.19. The molecule has 2 rings (SSSR count). The van der Waals surface area contributed by atoms with Gasteiger partial charge in [-0.3, -0.25) is 4.57 Å². The van der Waals surface area contributed by atoms with Crippen LogP contribution in [0.5, 0.6) is 0 Å². The summed E-state index contributed by atoms with van der Waals surface area (Å²) in [5.74, 6) is 0.392. The molecule has 1 aromatic heterocycles. The molecule has 1 heterocycles. The average Bonchev–Trinajstić information content (AvgIpc) is 2.50. The molecule has 0 fully saturated rings. The van der Waals surface area contributed by atoms with Crippen LogP contribution in [-0.2, 0) is 13.5 Å². The summed E-state index contributed by atoms with van der Waals surface area (Å²) in [5, 5.41) is 0. The van der Waals surface area contributed by atoms with Gasteiger partial charge in [0.2, 0.25) is 0 Å². The monoisotopic (exact) mass is 203 g/mol. The zero-order valence-corrected chi connectivity index (χ0v) is 8.86. The zero-order valence-electron chi connectivity index (χ0n) is 8.86. The molecule has 0 unspecified atom stereocenters. The van der Waals surface area contributed by atoms with E-state index in [1.54, 1.807) is 13.2 Å². The number of hydrogen-bond acceptors (Lipinski definition) is 2. The predicted octanol–water partition coefficient (Wildman–Crippen LogP) is 1.88. The molecule has 0 saturated heterocycles. The van der Waals surface area contributed by atoms with E-state index in [-0.39, 0.29) is 5.76 Å². The zero-order chi connectivity index (χ0) is 10.8. The minimum Gasteiger partial charge on any atom is -0.413 e. The van der Waals surface area contributed by atoms with Gasteiger partial charge in [0.05, 0.1) is 0 Å². The molecule has 0 aliphatic carbocycles. The molecule has 0 saturated carbocycles. The maximum atomic E-state index is 11.1. The van der Waals surface area contributed by atoms with E-state index in [1.807, 2.05) is 19.1 Å². The predicted molar refractivity (Wildman–Crippen MR) is 57.9 cm³/mol. The normalized spacial score (nSPS) is 10.5. The van der Waals surface area contributed by atoms with E-state index in [1.165, 1.54) is 10.1 Å². The highest BCUT2D eigenvalue weighted by Gasteiger charge is 2.03. The van der Waals surface area contributed by atoms with Crippen molar-refractivity contribution >= 4 is 0 Å². The Bertz CT molecular complexity index is 505. The Labute approximate surface area is 88.0 Å². The summed E-state index contributed by atoms with van der Waals surface area (Å²) in [7, 11) is 1.68. The summed E-state index contributed by atoms with van der Waals surface area (Å²) >= 11 is 0. The third kappa shape index (κ3) is 2.18. The molecule has 0 bridgehead atoms. The van der Waals surface area contributed by atoms with Gasteiger partial charge < -0.3 is 4.42 Å². The van der Waals surface area contributed by atoms with Crippen LogP contribution in [0, 0.1) is 6.92 Å². The van der Waals surface area contributed by atoms with Gasteiger partial charge >= 0.3 is 5.76 Å². The molecule has 78 valence electrons. The quantitative estimate of drug-likeness (QED) is 0.747. The van der Waals surface area contributed by atoms with Crippen LogP contribution in [0.25, 0.3) is 0 Å². The van der Waals surface area contributed by atoms with Crippen LogP contribution in [0.4, 0.5) is 0 Å². The van der Waals surface area contributed by atoms with Crippen molar-refractivity contribution in [1.82, 2.24) is 4.57 Å². The number of rotatable bonds is 2. The Morgan fingerprint density at radius 3 is 2.47 bits per heavy atom. The molecular formula is C12H13NO2. The van der Waals surface area contributed by atoms with E-state index >= 15 is 0 Å². The van der Waals surface area contributed by atoms with Gasteiger partial charge in [0.15, 0.2) is 0 Å². The first-order chi connectivity index (χ1) is 7.15. The average molecular weight is 203 g/mol.